The molecule has 3 nitrogen and oxygen atoms in total. The normalized spacial score (nSPS) is 12.9. The van der Waals surface area contributed by atoms with Crippen LogP contribution >= 0.6 is 0 Å². The summed E-state index contributed by atoms with van der Waals surface area (Å²) in [5, 5.41) is 5.19. The van der Waals surface area contributed by atoms with Crippen LogP contribution in [0, 0.1) is 13.8 Å². The van der Waals surface area contributed by atoms with Gasteiger partial charge in [0.25, 0.3) is 0 Å². The molecule has 1 aromatic rings. The average Bonchev–Trinajstić information content (AvgIpc) is 1.97. The summed E-state index contributed by atoms with van der Waals surface area (Å²) in [6.45, 7) is 9.99. The fourth-order valence-corrected chi connectivity index (χ4v) is 3.08. The molecule has 0 bridgehead atoms. The van der Waals surface area contributed by atoms with Crippen molar-refractivity contribution in [1.82, 2.24) is 0 Å². The van der Waals surface area contributed by atoms with Gasteiger partial charge in [0, 0.05) is 0 Å². The van der Waals surface area contributed by atoms with E-state index in [1.54, 1.807) is 6.07 Å². The lowest BCUT2D eigenvalue weighted by molar-refractivity contribution is 0.575. The summed E-state index contributed by atoms with van der Waals surface area (Å²) < 4.78 is 22.8. The molecule has 0 fully saturated rings. The van der Waals surface area contributed by atoms with Crippen LogP contribution in [0.1, 0.15) is 37.5 Å². The largest absolute Gasteiger partial charge is 0.238 e. The number of aryl methyl sites for hydroxylation is 1. The number of sulfonamides is 1. The van der Waals surface area contributed by atoms with Crippen molar-refractivity contribution >= 4 is 10.0 Å². The van der Waals surface area contributed by atoms with Gasteiger partial charge in [-0.05, 0) is 42.0 Å². The minimum absolute atomic E-state index is 0.0884. The van der Waals surface area contributed by atoms with E-state index in [2.05, 4.69) is 20.8 Å². The Labute approximate surface area is 97.7 Å². The first-order chi connectivity index (χ1) is 7.05. The molecule has 0 amide bonds. The van der Waals surface area contributed by atoms with E-state index in [1.807, 2.05) is 19.9 Å². The van der Waals surface area contributed by atoms with Crippen LogP contribution in [0.5, 0.6) is 0 Å². The maximum Gasteiger partial charge on any atom is 0.238 e. The molecule has 0 unspecified atom stereocenters. The Morgan fingerprint density at radius 2 is 1.62 bits per heavy atom. The molecule has 0 radical (unpaired) electrons. The molecule has 0 atom stereocenters. The smallest absolute Gasteiger partial charge is 0.225 e. The molecule has 0 aliphatic carbocycles. The van der Waals surface area contributed by atoms with Crippen molar-refractivity contribution in [1.29, 1.82) is 0 Å². The van der Waals surface area contributed by atoms with Crippen molar-refractivity contribution in [3.05, 3.63) is 28.8 Å². The Morgan fingerprint density at radius 1 is 1.12 bits per heavy atom. The van der Waals surface area contributed by atoms with E-state index >= 15 is 0 Å². The predicted molar refractivity (Wildman–Crippen MR) is 66.0 cm³/mol. The number of hydrogen-bond donors (Lipinski definition) is 1. The molecule has 0 aliphatic heterocycles. The van der Waals surface area contributed by atoms with E-state index < -0.39 is 10.0 Å². The molecule has 0 spiro atoms. The van der Waals surface area contributed by atoms with Crippen LogP contribution in [0.2, 0.25) is 0 Å². The highest BCUT2D eigenvalue weighted by Gasteiger charge is 2.23. The minimum Gasteiger partial charge on any atom is -0.225 e. The summed E-state index contributed by atoms with van der Waals surface area (Å²) in [6, 6.07) is 3.39. The first-order valence-electron chi connectivity index (χ1n) is 5.18. The molecule has 0 saturated carbocycles. The lowest BCUT2D eigenvalue weighted by atomic mass is 9.81. The first kappa shape index (κ1) is 13.2. The van der Waals surface area contributed by atoms with Crippen molar-refractivity contribution in [3.8, 4) is 0 Å². The Kier molecular flexibility index (Phi) is 3.18. The Bertz CT molecular complexity index is 511. The summed E-state index contributed by atoms with van der Waals surface area (Å²) in [5.41, 5.74) is 2.82. The summed E-state index contributed by atoms with van der Waals surface area (Å²) in [6.07, 6.45) is 0. The fraction of sp³-hybridized carbons (Fsp3) is 0.500. The molecular formula is C12H19NO2S. The van der Waals surface area contributed by atoms with Crippen LogP contribution in [-0.2, 0) is 15.4 Å². The van der Waals surface area contributed by atoms with Gasteiger partial charge < -0.3 is 0 Å². The van der Waals surface area contributed by atoms with Gasteiger partial charge in [0.1, 0.15) is 0 Å². The first-order valence-corrected chi connectivity index (χ1v) is 6.73. The van der Waals surface area contributed by atoms with E-state index in [1.165, 1.54) is 0 Å². The number of primary sulfonamides is 1. The zero-order valence-electron chi connectivity index (χ0n) is 10.5. The summed E-state index contributed by atoms with van der Waals surface area (Å²) in [4.78, 5) is 0.225. The van der Waals surface area contributed by atoms with E-state index in [4.69, 9.17) is 5.14 Å². The van der Waals surface area contributed by atoms with Gasteiger partial charge in [-0.15, -0.1) is 0 Å². The van der Waals surface area contributed by atoms with Crippen LogP contribution in [0.15, 0.2) is 17.0 Å². The molecule has 0 aliphatic rings. The monoisotopic (exact) mass is 241 g/mol. The van der Waals surface area contributed by atoms with E-state index in [0.717, 1.165) is 16.7 Å². The average molecular weight is 241 g/mol. The van der Waals surface area contributed by atoms with Gasteiger partial charge in [0.15, 0.2) is 0 Å². The molecule has 1 rings (SSSR count). The Morgan fingerprint density at radius 3 is 2.00 bits per heavy atom. The van der Waals surface area contributed by atoms with Gasteiger partial charge in [0.2, 0.25) is 10.0 Å². The third-order valence-electron chi connectivity index (χ3n) is 2.68. The lowest BCUT2D eigenvalue weighted by Crippen LogP contribution is -2.20. The quantitative estimate of drug-likeness (QED) is 0.819. The van der Waals surface area contributed by atoms with E-state index in [0.29, 0.717) is 0 Å². The highest BCUT2D eigenvalue weighted by atomic mass is 32.2. The fourth-order valence-electron chi connectivity index (χ4n) is 2.29. The Balaban J connectivity index is 3.65. The van der Waals surface area contributed by atoms with Crippen molar-refractivity contribution in [2.24, 2.45) is 5.14 Å². The van der Waals surface area contributed by atoms with Crippen molar-refractivity contribution in [2.75, 3.05) is 0 Å². The van der Waals surface area contributed by atoms with Gasteiger partial charge in [0.05, 0.1) is 4.90 Å². The van der Waals surface area contributed by atoms with Crippen LogP contribution in [0.4, 0.5) is 0 Å². The SMILES string of the molecule is Cc1ccc(S(N)(=O)=O)c(C)c1C(C)(C)C. The van der Waals surface area contributed by atoms with Crippen LogP contribution in [0.25, 0.3) is 0 Å². The third kappa shape index (κ3) is 2.44. The minimum atomic E-state index is -3.63. The second kappa shape index (κ2) is 3.86. The highest BCUT2D eigenvalue weighted by Crippen LogP contribution is 2.31. The zero-order chi connectivity index (χ0) is 12.7. The second-order valence-electron chi connectivity index (χ2n) is 5.18. The zero-order valence-corrected chi connectivity index (χ0v) is 11.3. The van der Waals surface area contributed by atoms with E-state index in [-0.39, 0.29) is 10.3 Å². The van der Waals surface area contributed by atoms with Crippen molar-refractivity contribution in [3.63, 3.8) is 0 Å². The standard InChI is InChI=1S/C12H19NO2S/c1-8-6-7-10(16(13,14)15)9(2)11(8)12(3,4)5/h6-7H,1-5H3,(H2,13,14,15). The third-order valence-corrected chi connectivity index (χ3v) is 3.74. The van der Waals surface area contributed by atoms with Gasteiger partial charge in [-0.3, -0.25) is 0 Å². The van der Waals surface area contributed by atoms with Crippen molar-refractivity contribution < 1.29 is 8.42 Å². The molecule has 2 N–H and O–H groups in total. The molecule has 0 aromatic heterocycles. The molecule has 90 valence electrons. The summed E-state index contributed by atoms with van der Waals surface area (Å²) in [5.74, 6) is 0. The topological polar surface area (TPSA) is 60.2 Å². The summed E-state index contributed by atoms with van der Waals surface area (Å²) >= 11 is 0. The molecule has 0 saturated heterocycles. The maximum absolute atomic E-state index is 11.4. The van der Waals surface area contributed by atoms with Crippen LogP contribution in [-0.4, -0.2) is 8.42 Å². The van der Waals surface area contributed by atoms with Gasteiger partial charge >= 0.3 is 0 Å². The molecule has 0 heterocycles. The molecule has 1 aromatic carbocycles. The van der Waals surface area contributed by atoms with Crippen LogP contribution < -0.4 is 5.14 Å². The second-order valence-corrected chi connectivity index (χ2v) is 6.71. The predicted octanol–water partition coefficient (Wildman–Crippen LogP) is 2.25. The van der Waals surface area contributed by atoms with Crippen molar-refractivity contribution in [2.45, 2.75) is 44.9 Å². The van der Waals surface area contributed by atoms with Crippen LogP contribution in [0.3, 0.4) is 0 Å². The molecule has 16 heavy (non-hydrogen) atoms. The van der Waals surface area contributed by atoms with E-state index in [9.17, 15) is 8.42 Å². The molecule has 4 heteroatoms. The number of nitrogens with two attached hydrogens (primary N) is 1. The van der Waals surface area contributed by atoms with Gasteiger partial charge in [-0.25, -0.2) is 13.6 Å². The lowest BCUT2D eigenvalue weighted by Gasteiger charge is -2.25. The number of hydrogen-bond acceptors (Lipinski definition) is 2. The molecular weight excluding hydrogens is 222 g/mol. The van der Waals surface area contributed by atoms with Gasteiger partial charge in [-0.1, -0.05) is 26.8 Å². The number of rotatable bonds is 1. The Hall–Kier alpha value is -0.870. The number of benzene rings is 1. The van der Waals surface area contributed by atoms with Gasteiger partial charge in [-0.2, -0.15) is 0 Å². The summed E-state index contributed by atoms with van der Waals surface area (Å²) in [7, 11) is -3.63. The maximum atomic E-state index is 11.4. The highest BCUT2D eigenvalue weighted by molar-refractivity contribution is 7.89.